The molecule has 1 aromatic carbocycles. The van der Waals surface area contributed by atoms with E-state index in [2.05, 4.69) is 10.2 Å². The molecule has 0 N–H and O–H groups in total. The van der Waals surface area contributed by atoms with Gasteiger partial charge in [0.05, 0.1) is 18.6 Å². The van der Waals surface area contributed by atoms with Crippen molar-refractivity contribution in [2.24, 2.45) is 0 Å². The van der Waals surface area contributed by atoms with E-state index in [0.29, 0.717) is 41.5 Å². The van der Waals surface area contributed by atoms with Gasteiger partial charge in [-0.25, -0.2) is 0 Å². The van der Waals surface area contributed by atoms with Crippen LogP contribution in [0.15, 0.2) is 52.2 Å². The predicted molar refractivity (Wildman–Crippen MR) is 109 cm³/mol. The maximum Gasteiger partial charge on any atom is 0.232 e. The number of aromatic nitrogens is 3. The highest BCUT2D eigenvalue weighted by Gasteiger charge is 2.17. The number of likely N-dealkylation sites (N-methyl/N-ethyl adjacent to an activating group) is 1. The molecular formula is C19H21ClN4O3S. The molecule has 28 heavy (non-hydrogen) atoms. The minimum atomic E-state index is -0.00472. The molecule has 7 nitrogen and oxygen atoms in total. The summed E-state index contributed by atoms with van der Waals surface area (Å²) in [5.74, 6) is 2.31. The Bertz CT molecular complexity index is 897. The van der Waals surface area contributed by atoms with Gasteiger partial charge in [-0.05, 0) is 43.3 Å². The van der Waals surface area contributed by atoms with E-state index in [1.165, 1.54) is 11.8 Å². The van der Waals surface area contributed by atoms with E-state index in [4.69, 9.17) is 20.8 Å². The molecule has 0 atom stereocenters. The first-order valence-corrected chi connectivity index (χ1v) is 10.2. The lowest BCUT2D eigenvalue weighted by Gasteiger charge is -2.17. The third kappa shape index (κ3) is 5.08. The Morgan fingerprint density at radius 3 is 2.75 bits per heavy atom. The third-order valence-corrected chi connectivity index (χ3v) is 5.24. The van der Waals surface area contributed by atoms with E-state index in [1.807, 2.05) is 17.6 Å². The van der Waals surface area contributed by atoms with Crippen molar-refractivity contribution >= 4 is 29.3 Å². The van der Waals surface area contributed by atoms with Crippen LogP contribution in [0.4, 0.5) is 0 Å². The summed E-state index contributed by atoms with van der Waals surface area (Å²) in [6, 6.07) is 10.8. The summed E-state index contributed by atoms with van der Waals surface area (Å²) in [5.41, 5.74) is 0. The van der Waals surface area contributed by atoms with Crippen molar-refractivity contribution in [2.45, 2.75) is 18.6 Å². The van der Waals surface area contributed by atoms with Crippen LogP contribution in [0.5, 0.6) is 5.75 Å². The van der Waals surface area contributed by atoms with Crippen molar-refractivity contribution < 1.29 is 13.9 Å². The number of halogens is 1. The average molecular weight is 421 g/mol. The van der Waals surface area contributed by atoms with E-state index in [0.717, 1.165) is 5.75 Å². The maximum absolute atomic E-state index is 12.4. The van der Waals surface area contributed by atoms with Crippen molar-refractivity contribution in [3.05, 3.63) is 47.7 Å². The standard InChI is InChI=1S/C19H21ClN4O3S/c1-3-24-18(16-5-4-11-27-16)21-22-19(24)28-13-17(25)23(2)10-12-26-15-8-6-14(20)7-9-15/h4-9,11H,3,10,12-13H2,1-2H3. The zero-order valence-electron chi connectivity index (χ0n) is 15.7. The molecule has 2 aromatic heterocycles. The number of furan rings is 1. The molecule has 0 bridgehead atoms. The van der Waals surface area contributed by atoms with Crippen molar-refractivity contribution in [3.63, 3.8) is 0 Å². The fraction of sp³-hybridized carbons (Fsp3) is 0.316. The fourth-order valence-electron chi connectivity index (χ4n) is 2.46. The molecular weight excluding hydrogens is 400 g/mol. The molecule has 0 aliphatic rings. The maximum atomic E-state index is 12.4. The lowest BCUT2D eigenvalue weighted by Crippen LogP contribution is -2.32. The number of rotatable bonds is 9. The van der Waals surface area contributed by atoms with Gasteiger partial charge in [0.25, 0.3) is 0 Å². The van der Waals surface area contributed by atoms with Crippen molar-refractivity contribution in [1.29, 1.82) is 0 Å². The second-order valence-electron chi connectivity index (χ2n) is 5.93. The van der Waals surface area contributed by atoms with E-state index < -0.39 is 0 Å². The summed E-state index contributed by atoms with van der Waals surface area (Å²) in [4.78, 5) is 14.0. The van der Waals surface area contributed by atoms with Gasteiger partial charge in [-0.2, -0.15) is 0 Å². The highest BCUT2D eigenvalue weighted by atomic mass is 35.5. The Kier molecular flexibility index (Phi) is 7.00. The third-order valence-electron chi connectivity index (χ3n) is 4.03. The van der Waals surface area contributed by atoms with Gasteiger partial charge in [-0.15, -0.1) is 10.2 Å². The fourth-order valence-corrected chi connectivity index (χ4v) is 3.53. The Balaban J connectivity index is 1.49. The molecule has 0 spiro atoms. The number of thioether (sulfide) groups is 1. The molecule has 0 unspecified atom stereocenters. The molecule has 2 heterocycles. The van der Waals surface area contributed by atoms with Gasteiger partial charge in [0, 0.05) is 18.6 Å². The number of ether oxygens (including phenoxy) is 1. The highest BCUT2D eigenvalue weighted by Crippen LogP contribution is 2.24. The molecule has 3 aromatic rings. The molecule has 0 aliphatic carbocycles. The first-order valence-electron chi connectivity index (χ1n) is 8.80. The Morgan fingerprint density at radius 2 is 2.07 bits per heavy atom. The van der Waals surface area contributed by atoms with E-state index in [9.17, 15) is 4.79 Å². The number of carbonyl (C=O) groups is 1. The van der Waals surface area contributed by atoms with Crippen LogP contribution in [0.25, 0.3) is 11.6 Å². The topological polar surface area (TPSA) is 73.4 Å². The summed E-state index contributed by atoms with van der Waals surface area (Å²) in [6.45, 7) is 3.58. The van der Waals surface area contributed by atoms with Crippen molar-refractivity contribution in [2.75, 3.05) is 26.0 Å². The van der Waals surface area contributed by atoms with Crippen LogP contribution in [0, 0.1) is 0 Å². The molecule has 0 fully saturated rings. The van der Waals surface area contributed by atoms with Gasteiger partial charge in [0.15, 0.2) is 16.7 Å². The number of amides is 1. The second kappa shape index (κ2) is 9.66. The molecule has 0 saturated heterocycles. The van der Waals surface area contributed by atoms with Crippen molar-refractivity contribution in [1.82, 2.24) is 19.7 Å². The Hall–Kier alpha value is -2.45. The number of carbonyl (C=O) groups excluding carboxylic acids is 1. The van der Waals surface area contributed by atoms with Gasteiger partial charge in [-0.1, -0.05) is 23.4 Å². The molecule has 0 saturated carbocycles. The smallest absolute Gasteiger partial charge is 0.232 e. The normalized spacial score (nSPS) is 10.8. The zero-order chi connectivity index (χ0) is 19.9. The van der Waals surface area contributed by atoms with Gasteiger partial charge in [0.2, 0.25) is 5.91 Å². The first-order chi connectivity index (χ1) is 13.6. The molecule has 148 valence electrons. The van der Waals surface area contributed by atoms with Gasteiger partial charge < -0.3 is 14.1 Å². The minimum absolute atomic E-state index is 0.00472. The summed E-state index contributed by atoms with van der Waals surface area (Å²) >= 11 is 7.21. The SMILES string of the molecule is CCn1c(SCC(=O)N(C)CCOc2ccc(Cl)cc2)nnc1-c1ccco1. The van der Waals surface area contributed by atoms with Gasteiger partial charge >= 0.3 is 0 Å². The van der Waals surface area contributed by atoms with Crippen LogP contribution in [-0.2, 0) is 11.3 Å². The lowest BCUT2D eigenvalue weighted by atomic mass is 10.3. The quantitative estimate of drug-likeness (QED) is 0.489. The zero-order valence-corrected chi connectivity index (χ0v) is 17.2. The van der Waals surface area contributed by atoms with Crippen LogP contribution in [-0.4, -0.2) is 51.5 Å². The van der Waals surface area contributed by atoms with Crippen molar-refractivity contribution in [3.8, 4) is 17.3 Å². The van der Waals surface area contributed by atoms with Crippen LogP contribution in [0.1, 0.15) is 6.92 Å². The molecule has 3 rings (SSSR count). The lowest BCUT2D eigenvalue weighted by molar-refractivity contribution is -0.127. The van der Waals surface area contributed by atoms with Crippen LogP contribution >= 0.6 is 23.4 Å². The molecule has 9 heteroatoms. The number of hydrogen-bond acceptors (Lipinski definition) is 6. The monoisotopic (exact) mass is 420 g/mol. The summed E-state index contributed by atoms with van der Waals surface area (Å²) < 4.78 is 13.0. The summed E-state index contributed by atoms with van der Waals surface area (Å²) in [6.07, 6.45) is 1.60. The number of hydrogen-bond donors (Lipinski definition) is 0. The van der Waals surface area contributed by atoms with Crippen LogP contribution in [0.2, 0.25) is 5.02 Å². The number of benzene rings is 1. The Morgan fingerprint density at radius 1 is 1.29 bits per heavy atom. The highest BCUT2D eigenvalue weighted by molar-refractivity contribution is 7.99. The average Bonchev–Trinajstić information content (AvgIpc) is 3.36. The van der Waals surface area contributed by atoms with Gasteiger partial charge in [-0.3, -0.25) is 9.36 Å². The molecule has 1 amide bonds. The van der Waals surface area contributed by atoms with E-state index in [1.54, 1.807) is 48.5 Å². The number of nitrogens with zero attached hydrogens (tertiary/aromatic N) is 4. The largest absolute Gasteiger partial charge is 0.492 e. The first kappa shape index (κ1) is 20.3. The van der Waals surface area contributed by atoms with Crippen LogP contribution < -0.4 is 4.74 Å². The van der Waals surface area contributed by atoms with Crippen LogP contribution in [0.3, 0.4) is 0 Å². The molecule has 0 radical (unpaired) electrons. The second-order valence-corrected chi connectivity index (χ2v) is 7.31. The Labute approximate surface area is 172 Å². The summed E-state index contributed by atoms with van der Waals surface area (Å²) in [7, 11) is 1.76. The van der Waals surface area contributed by atoms with Gasteiger partial charge in [0.1, 0.15) is 12.4 Å². The molecule has 0 aliphatic heterocycles. The summed E-state index contributed by atoms with van der Waals surface area (Å²) in [5, 5.41) is 9.73. The van der Waals surface area contributed by atoms with E-state index >= 15 is 0 Å². The predicted octanol–water partition coefficient (Wildman–Crippen LogP) is 3.84. The van der Waals surface area contributed by atoms with E-state index in [-0.39, 0.29) is 11.7 Å². The minimum Gasteiger partial charge on any atom is -0.492 e.